The lowest BCUT2D eigenvalue weighted by Crippen LogP contribution is -2.43. The third-order valence-electron chi connectivity index (χ3n) is 4.01. The molecule has 15 heavy (non-hydrogen) atoms. The molecule has 2 aliphatic rings. The van der Waals surface area contributed by atoms with Crippen molar-refractivity contribution in [3.05, 3.63) is 0 Å². The highest BCUT2D eigenvalue weighted by atomic mass is 19.4. The van der Waals surface area contributed by atoms with Crippen molar-refractivity contribution in [3.63, 3.8) is 0 Å². The van der Waals surface area contributed by atoms with Gasteiger partial charge < -0.3 is 0 Å². The summed E-state index contributed by atoms with van der Waals surface area (Å²) in [6.45, 7) is 0. The van der Waals surface area contributed by atoms with Gasteiger partial charge in [0, 0.05) is 11.8 Å². The van der Waals surface area contributed by atoms with Crippen LogP contribution in [0.15, 0.2) is 0 Å². The van der Waals surface area contributed by atoms with Gasteiger partial charge in [0.2, 0.25) is 0 Å². The summed E-state index contributed by atoms with van der Waals surface area (Å²) in [5.74, 6) is -1.49. The Balaban J connectivity index is 2.28. The topological polar surface area (TPSA) is 17.1 Å². The fourth-order valence-electron chi connectivity index (χ4n) is 3.30. The van der Waals surface area contributed by atoms with Gasteiger partial charge in [-0.15, -0.1) is 0 Å². The van der Waals surface area contributed by atoms with Crippen molar-refractivity contribution >= 4 is 5.78 Å². The zero-order valence-corrected chi connectivity index (χ0v) is 8.57. The molecule has 0 heterocycles. The maximum atomic E-state index is 12.8. The number of alkyl halides is 3. The lowest BCUT2D eigenvalue weighted by molar-refractivity contribution is -0.204. The van der Waals surface area contributed by atoms with Crippen molar-refractivity contribution < 1.29 is 18.0 Å². The molecule has 0 aliphatic heterocycles. The maximum Gasteiger partial charge on any atom is 0.392 e. The minimum atomic E-state index is -4.19. The van der Waals surface area contributed by atoms with E-state index >= 15 is 0 Å². The van der Waals surface area contributed by atoms with E-state index in [0.717, 1.165) is 12.8 Å². The predicted molar refractivity (Wildman–Crippen MR) is 49.3 cm³/mol. The van der Waals surface area contributed by atoms with Gasteiger partial charge in [-0.1, -0.05) is 12.8 Å². The Morgan fingerprint density at radius 2 is 1.80 bits per heavy atom. The molecule has 2 saturated carbocycles. The van der Waals surface area contributed by atoms with Crippen LogP contribution in [0, 0.1) is 11.3 Å². The Bertz CT molecular complexity index is 271. The van der Waals surface area contributed by atoms with Gasteiger partial charge in [-0.2, -0.15) is 13.2 Å². The molecular weight excluding hydrogens is 205 g/mol. The average molecular weight is 220 g/mol. The van der Waals surface area contributed by atoms with E-state index in [1.807, 2.05) is 0 Å². The Labute approximate surface area is 87.0 Å². The van der Waals surface area contributed by atoms with E-state index in [1.54, 1.807) is 0 Å². The van der Waals surface area contributed by atoms with Crippen molar-refractivity contribution in [3.8, 4) is 0 Å². The van der Waals surface area contributed by atoms with Gasteiger partial charge in [-0.05, 0) is 25.7 Å². The van der Waals surface area contributed by atoms with Gasteiger partial charge in [-0.3, -0.25) is 4.79 Å². The first-order chi connectivity index (χ1) is 6.97. The number of hydrogen-bond donors (Lipinski definition) is 0. The number of carbonyl (C=O) groups is 1. The molecule has 2 fully saturated rings. The second-order valence-corrected chi connectivity index (χ2v) is 4.77. The number of Topliss-reactive ketones (excluding diaryl/α,β-unsaturated/α-hetero) is 1. The highest BCUT2D eigenvalue weighted by Crippen LogP contribution is 2.56. The summed E-state index contributed by atoms with van der Waals surface area (Å²) in [5.41, 5.74) is -1.03. The first kappa shape index (κ1) is 11.0. The number of rotatable bonds is 0. The SMILES string of the molecule is O=C1CCCCC12CCCC2C(F)(F)F. The van der Waals surface area contributed by atoms with Crippen LogP contribution in [0.4, 0.5) is 13.2 Å². The first-order valence-corrected chi connectivity index (χ1v) is 5.57. The second-order valence-electron chi connectivity index (χ2n) is 4.77. The molecule has 1 spiro atoms. The Morgan fingerprint density at radius 3 is 2.40 bits per heavy atom. The van der Waals surface area contributed by atoms with E-state index in [2.05, 4.69) is 0 Å². The molecule has 0 bridgehead atoms. The summed E-state index contributed by atoms with van der Waals surface area (Å²) in [5, 5.41) is 0. The van der Waals surface area contributed by atoms with Crippen LogP contribution in [-0.2, 0) is 4.79 Å². The lowest BCUT2D eigenvalue weighted by Gasteiger charge is -2.38. The lowest BCUT2D eigenvalue weighted by atomic mass is 9.66. The van der Waals surface area contributed by atoms with Crippen LogP contribution in [0.1, 0.15) is 44.9 Å². The molecule has 2 atom stereocenters. The molecule has 86 valence electrons. The summed E-state index contributed by atoms with van der Waals surface area (Å²) < 4.78 is 38.4. The van der Waals surface area contributed by atoms with Crippen LogP contribution in [0.5, 0.6) is 0 Å². The fraction of sp³-hybridized carbons (Fsp3) is 0.909. The van der Waals surface area contributed by atoms with Gasteiger partial charge in [0.05, 0.1) is 5.92 Å². The third-order valence-corrected chi connectivity index (χ3v) is 4.01. The highest BCUT2D eigenvalue weighted by molar-refractivity contribution is 5.86. The molecule has 0 amide bonds. The van der Waals surface area contributed by atoms with E-state index in [1.165, 1.54) is 0 Å². The number of carbonyl (C=O) groups excluding carboxylic acids is 1. The summed E-state index contributed by atoms with van der Waals surface area (Å²) in [6, 6.07) is 0. The van der Waals surface area contributed by atoms with E-state index in [0.29, 0.717) is 25.7 Å². The molecule has 4 heteroatoms. The van der Waals surface area contributed by atoms with E-state index in [9.17, 15) is 18.0 Å². The molecular formula is C11H15F3O. The van der Waals surface area contributed by atoms with Crippen molar-refractivity contribution in [1.29, 1.82) is 0 Å². The van der Waals surface area contributed by atoms with Gasteiger partial charge in [0.1, 0.15) is 5.78 Å². The first-order valence-electron chi connectivity index (χ1n) is 5.57. The van der Waals surface area contributed by atoms with Gasteiger partial charge in [0.15, 0.2) is 0 Å². The Hall–Kier alpha value is -0.540. The quantitative estimate of drug-likeness (QED) is 0.610. The summed E-state index contributed by atoms with van der Waals surface area (Å²) >= 11 is 0. The molecule has 0 radical (unpaired) electrons. The van der Waals surface area contributed by atoms with Gasteiger partial charge in [0.25, 0.3) is 0 Å². The Morgan fingerprint density at radius 1 is 1.13 bits per heavy atom. The molecule has 0 aromatic heterocycles. The van der Waals surface area contributed by atoms with Crippen molar-refractivity contribution in [1.82, 2.24) is 0 Å². The summed E-state index contributed by atoms with van der Waals surface area (Å²) in [7, 11) is 0. The van der Waals surface area contributed by atoms with Crippen molar-refractivity contribution in [2.75, 3.05) is 0 Å². The van der Waals surface area contributed by atoms with E-state index < -0.39 is 17.5 Å². The number of hydrogen-bond acceptors (Lipinski definition) is 1. The summed E-state index contributed by atoms with van der Waals surface area (Å²) in [6.07, 6.45) is -0.684. The number of halogens is 3. The largest absolute Gasteiger partial charge is 0.392 e. The van der Waals surface area contributed by atoms with Crippen molar-refractivity contribution in [2.45, 2.75) is 51.1 Å². The third kappa shape index (κ3) is 1.68. The second kappa shape index (κ2) is 3.49. The zero-order valence-electron chi connectivity index (χ0n) is 8.57. The smallest absolute Gasteiger partial charge is 0.299 e. The van der Waals surface area contributed by atoms with Crippen LogP contribution in [-0.4, -0.2) is 12.0 Å². The molecule has 2 aliphatic carbocycles. The van der Waals surface area contributed by atoms with Crippen LogP contribution < -0.4 is 0 Å². The molecule has 0 N–H and O–H groups in total. The standard InChI is InChI=1S/C11H15F3O/c12-11(13,14)8-4-3-7-10(8)6-2-1-5-9(10)15/h8H,1-7H2. The highest BCUT2D eigenvalue weighted by Gasteiger charge is 2.59. The summed E-state index contributed by atoms with van der Waals surface area (Å²) in [4.78, 5) is 11.8. The van der Waals surface area contributed by atoms with Crippen molar-refractivity contribution in [2.24, 2.45) is 11.3 Å². The van der Waals surface area contributed by atoms with Gasteiger partial charge in [-0.25, -0.2) is 0 Å². The van der Waals surface area contributed by atoms with E-state index in [-0.39, 0.29) is 12.2 Å². The predicted octanol–water partition coefficient (Wildman–Crippen LogP) is 3.48. The monoisotopic (exact) mass is 220 g/mol. The minimum absolute atomic E-state index is 0.131. The molecule has 0 aromatic rings. The molecule has 2 rings (SSSR count). The molecule has 0 aromatic carbocycles. The molecule has 2 unspecified atom stereocenters. The van der Waals surface area contributed by atoms with Gasteiger partial charge >= 0.3 is 6.18 Å². The van der Waals surface area contributed by atoms with E-state index in [4.69, 9.17) is 0 Å². The molecule has 1 nitrogen and oxygen atoms in total. The minimum Gasteiger partial charge on any atom is -0.299 e. The number of ketones is 1. The zero-order chi connectivity index (χ0) is 11.1. The van der Waals surface area contributed by atoms with Crippen LogP contribution in [0.3, 0.4) is 0 Å². The normalized spacial score (nSPS) is 37.5. The van der Waals surface area contributed by atoms with Crippen LogP contribution in [0.2, 0.25) is 0 Å². The molecule has 0 saturated heterocycles. The fourth-order valence-corrected chi connectivity index (χ4v) is 3.30. The average Bonchev–Trinajstić information content (AvgIpc) is 2.55. The Kier molecular flexibility index (Phi) is 2.55. The van der Waals surface area contributed by atoms with Crippen LogP contribution >= 0.6 is 0 Å². The maximum absolute atomic E-state index is 12.8. The van der Waals surface area contributed by atoms with Crippen LogP contribution in [0.25, 0.3) is 0 Å².